The highest BCUT2D eigenvalue weighted by atomic mass is 28.3. The SMILES string of the molecule is C1=Cc2ccccc2C1.CC1CCCC[Si]1(C)C. The molecule has 1 aromatic carbocycles. The van der Waals surface area contributed by atoms with Gasteiger partial charge in [-0.15, -0.1) is 0 Å². The largest absolute Gasteiger partial charge is 0.0795 e. The molecule has 3 rings (SSSR count). The van der Waals surface area contributed by atoms with Gasteiger partial charge in [0.05, 0.1) is 8.07 Å². The summed E-state index contributed by atoms with van der Waals surface area (Å²) in [5.41, 5.74) is 3.93. The molecule has 1 aliphatic carbocycles. The van der Waals surface area contributed by atoms with Crippen molar-refractivity contribution in [2.75, 3.05) is 0 Å². The van der Waals surface area contributed by atoms with Gasteiger partial charge in [0.1, 0.15) is 0 Å². The molecule has 0 radical (unpaired) electrons. The minimum atomic E-state index is -0.694. The van der Waals surface area contributed by atoms with E-state index in [0.29, 0.717) is 0 Å². The van der Waals surface area contributed by atoms with Crippen LogP contribution in [0, 0.1) is 0 Å². The fourth-order valence-electron chi connectivity index (χ4n) is 2.86. The lowest BCUT2D eigenvalue weighted by Crippen LogP contribution is -2.33. The molecule has 18 heavy (non-hydrogen) atoms. The van der Waals surface area contributed by atoms with Gasteiger partial charge in [0.25, 0.3) is 0 Å². The fourth-order valence-corrected chi connectivity index (χ4v) is 5.50. The second-order valence-electron chi connectivity index (χ2n) is 6.44. The zero-order valence-corrected chi connectivity index (χ0v) is 13.1. The Morgan fingerprint density at radius 3 is 2.50 bits per heavy atom. The minimum Gasteiger partial charge on any atom is -0.0795 e. The summed E-state index contributed by atoms with van der Waals surface area (Å²) in [7, 11) is -0.694. The van der Waals surface area contributed by atoms with Gasteiger partial charge in [-0.1, -0.05) is 81.7 Å². The first-order valence-electron chi connectivity index (χ1n) is 7.34. The molecule has 0 nitrogen and oxygen atoms in total. The molecule has 98 valence electrons. The number of fused-ring (bicyclic) bond motifs is 1. The Labute approximate surface area is 113 Å². The Balaban J connectivity index is 0.000000134. The van der Waals surface area contributed by atoms with Gasteiger partial charge in [-0.05, 0) is 23.1 Å². The summed E-state index contributed by atoms with van der Waals surface area (Å²) >= 11 is 0. The topological polar surface area (TPSA) is 0 Å². The highest BCUT2D eigenvalue weighted by Gasteiger charge is 2.30. The predicted molar refractivity (Wildman–Crippen MR) is 84.7 cm³/mol. The molecule has 1 aromatic rings. The molecule has 1 heteroatoms. The molecule has 0 amide bonds. The minimum absolute atomic E-state index is 0.694. The third-order valence-electron chi connectivity index (χ3n) is 4.73. The highest BCUT2D eigenvalue weighted by Crippen LogP contribution is 2.36. The normalized spacial score (nSPS) is 24.1. The Hall–Kier alpha value is -0.823. The molecule has 0 bridgehead atoms. The highest BCUT2D eigenvalue weighted by molar-refractivity contribution is 6.78. The number of hydrogen-bond donors (Lipinski definition) is 0. The van der Waals surface area contributed by atoms with Crippen molar-refractivity contribution in [2.45, 2.75) is 57.3 Å². The van der Waals surface area contributed by atoms with Crippen LogP contribution in [0.4, 0.5) is 0 Å². The lowest BCUT2D eigenvalue weighted by molar-refractivity contribution is 0.635. The van der Waals surface area contributed by atoms with Crippen LogP contribution >= 0.6 is 0 Å². The van der Waals surface area contributed by atoms with Crippen LogP contribution in [0.1, 0.15) is 37.3 Å². The molecular formula is C17H26Si. The third kappa shape index (κ3) is 3.35. The number of benzene rings is 1. The number of hydrogen-bond acceptors (Lipinski definition) is 0. The van der Waals surface area contributed by atoms with Gasteiger partial charge in [0.15, 0.2) is 0 Å². The van der Waals surface area contributed by atoms with E-state index in [1.165, 1.54) is 30.4 Å². The zero-order chi connectivity index (χ0) is 13.0. The van der Waals surface area contributed by atoms with Crippen molar-refractivity contribution in [1.29, 1.82) is 0 Å². The second kappa shape index (κ2) is 5.88. The first-order chi connectivity index (χ1) is 8.59. The third-order valence-corrected chi connectivity index (χ3v) is 9.33. The van der Waals surface area contributed by atoms with Crippen LogP contribution < -0.4 is 0 Å². The van der Waals surface area contributed by atoms with Crippen molar-refractivity contribution in [1.82, 2.24) is 0 Å². The van der Waals surface area contributed by atoms with Crippen LogP contribution in [0.5, 0.6) is 0 Å². The maximum absolute atomic E-state index is 2.54. The molecule has 0 spiro atoms. The van der Waals surface area contributed by atoms with E-state index in [0.717, 1.165) is 12.0 Å². The standard InChI is InChI=1S/C9H8.C8H18Si/c1-2-5-9-7-3-6-8(9)4-1;1-8-6-4-5-7-9(8,2)3/h1-6H,7H2;8H,4-7H2,1-3H3. The lowest BCUT2D eigenvalue weighted by atomic mass is 10.1. The van der Waals surface area contributed by atoms with Gasteiger partial charge in [-0.2, -0.15) is 0 Å². The Bertz CT molecular complexity index is 417. The van der Waals surface area contributed by atoms with Crippen LogP contribution in [0.3, 0.4) is 0 Å². The molecule has 0 saturated carbocycles. The van der Waals surface area contributed by atoms with E-state index in [1.807, 2.05) is 0 Å². The van der Waals surface area contributed by atoms with Gasteiger partial charge in [-0.3, -0.25) is 0 Å². The molecule has 1 aliphatic heterocycles. The van der Waals surface area contributed by atoms with Crippen LogP contribution in [-0.2, 0) is 6.42 Å². The maximum Gasteiger partial charge on any atom is 0.0502 e. The van der Waals surface area contributed by atoms with E-state index < -0.39 is 8.07 Å². The molecule has 1 heterocycles. The van der Waals surface area contributed by atoms with Crippen molar-refractivity contribution in [3.8, 4) is 0 Å². The quantitative estimate of drug-likeness (QED) is 0.537. The number of rotatable bonds is 0. The summed E-state index contributed by atoms with van der Waals surface area (Å²) in [6.07, 6.45) is 10.0. The molecule has 1 fully saturated rings. The van der Waals surface area contributed by atoms with Gasteiger partial charge >= 0.3 is 0 Å². The average Bonchev–Trinajstić information content (AvgIpc) is 2.82. The zero-order valence-electron chi connectivity index (χ0n) is 12.1. The van der Waals surface area contributed by atoms with Crippen LogP contribution in [-0.4, -0.2) is 8.07 Å². The Kier molecular flexibility index (Phi) is 4.44. The van der Waals surface area contributed by atoms with E-state index >= 15 is 0 Å². The average molecular weight is 258 g/mol. The molecule has 1 atom stereocenters. The Morgan fingerprint density at radius 2 is 1.89 bits per heavy atom. The van der Waals surface area contributed by atoms with E-state index in [9.17, 15) is 0 Å². The van der Waals surface area contributed by atoms with Crippen LogP contribution in [0.15, 0.2) is 30.3 Å². The fraction of sp³-hybridized carbons (Fsp3) is 0.529. The summed E-state index contributed by atoms with van der Waals surface area (Å²) in [4.78, 5) is 0. The van der Waals surface area contributed by atoms with E-state index in [-0.39, 0.29) is 0 Å². The van der Waals surface area contributed by atoms with Gasteiger partial charge in [0, 0.05) is 0 Å². The van der Waals surface area contributed by atoms with Crippen molar-refractivity contribution >= 4 is 14.1 Å². The van der Waals surface area contributed by atoms with Gasteiger partial charge in [-0.25, -0.2) is 0 Å². The molecule has 0 N–H and O–H groups in total. The predicted octanol–water partition coefficient (Wildman–Crippen LogP) is 5.52. The smallest absolute Gasteiger partial charge is 0.0502 e. The molecular weight excluding hydrogens is 232 g/mol. The molecule has 2 aliphatic rings. The van der Waals surface area contributed by atoms with Crippen LogP contribution in [0.25, 0.3) is 6.08 Å². The summed E-state index contributed by atoms with van der Waals surface area (Å²) in [5.74, 6) is 0. The first kappa shape index (κ1) is 13.6. The summed E-state index contributed by atoms with van der Waals surface area (Å²) in [5, 5.41) is 0. The molecule has 1 saturated heterocycles. The van der Waals surface area contributed by atoms with Crippen LogP contribution in [0.2, 0.25) is 24.7 Å². The first-order valence-corrected chi connectivity index (χ1v) is 10.6. The lowest BCUT2D eigenvalue weighted by Gasteiger charge is -2.34. The summed E-state index contributed by atoms with van der Waals surface area (Å²) < 4.78 is 0. The summed E-state index contributed by atoms with van der Waals surface area (Å²) in [6, 6.07) is 10.1. The maximum atomic E-state index is 2.54. The van der Waals surface area contributed by atoms with E-state index in [4.69, 9.17) is 0 Å². The second-order valence-corrected chi connectivity index (χ2v) is 11.9. The van der Waals surface area contributed by atoms with Crippen molar-refractivity contribution < 1.29 is 0 Å². The van der Waals surface area contributed by atoms with Gasteiger partial charge < -0.3 is 0 Å². The molecule has 0 aromatic heterocycles. The Morgan fingerprint density at radius 1 is 1.11 bits per heavy atom. The summed E-state index contributed by atoms with van der Waals surface area (Å²) in [6.45, 7) is 7.53. The van der Waals surface area contributed by atoms with Crippen molar-refractivity contribution in [2.24, 2.45) is 0 Å². The van der Waals surface area contributed by atoms with Crippen molar-refractivity contribution in [3.63, 3.8) is 0 Å². The van der Waals surface area contributed by atoms with E-state index in [2.05, 4.69) is 56.4 Å². The monoisotopic (exact) mass is 258 g/mol. The number of allylic oxidation sites excluding steroid dienone is 1. The van der Waals surface area contributed by atoms with Gasteiger partial charge in [0.2, 0.25) is 0 Å². The molecule has 1 unspecified atom stereocenters. The van der Waals surface area contributed by atoms with Crippen molar-refractivity contribution in [3.05, 3.63) is 41.5 Å². The van der Waals surface area contributed by atoms with E-state index in [1.54, 1.807) is 6.04 Å².